The van der Waals surface area contributed by atoms with Crippen LogP contribution in [0.4, 0.5) is 0 Å². The predicted octanol–water partition coefficient (Wildman–Crippen LogP) is 10.1. The van der Waals surface area contributed by atoms with E-state index in [0.29, 0.717) is 33.8 Å². The number of carboxylic acid groups (broad SMARTS) is 2. The Balaban J connectivity index is 1.44. The Morgan fingerprint density at radius 1 is 0.375 bits per heavy atom. The summed E-state index contributed by atoms with van der Waals surface area (Å²) in [5.41, 5.74) is 11.9. The van der Waals surface area contributed by atoms with Crippen molar-refractivity contribution in [2.24, 2.45) is 0 Å². The molecule has 3 aromatic heterocycles. The molecule has 0 unspecified atom stereocenters. The highest BCUT2D eigenvalue weighted by molar-refractivity contribution is 6.00. The summed E-state index contributed by atoms with van der Waals surface area (Å²) < 4.78 is 0. The Morgan fingerprint density at radius 3 is 0.875 bits per heavy atom. The van der Waals surface area contributed by atoms with Crippen molar-refractivity contribution >= 4 is 58.3 Å². The lowest BCUT2D eigenvalue weighted by Gasteiger charge is -2.07. The van der Waals surface area contributed by atoms with Gasteiger partial charge < -0.3 is 30.4 Å². The van der Waals surface area contributed by atoms with Crippen molar-refractivity contribution in [2.75, 3.05) is 0 Å². The second kappa shape index (κ2) is 13.5. The lowest BCUT2D eigenvalue weighted by atomic mass is 10.0. The standard InChI is InChI=1S/C46H30N4O6/c51-31-13-9-27(10-14-31)43-37-21-19-35(48-37)41(25-1-5-29(6-2-25)45(53)54)33-17-18-34(47-33)42(26-3-7-30(8-4-26)46(55)56)36-20-22-38(49-36)44(40-24-23-39(43)50-40)28-11-15-32(52)16-12-28/h1-24,48-49,51-52H,(H,53,54)(H,55,56). The molecule has 9 rings (SSSR count). The Morgan fingerprint density at radius 2 is 0.625 bits per heavy atom. The monoisotopic (exact) mass is 734 g/mol. The van der Waals surface area contributed by atoms with Crippen molar-refractivity contribution in [2.45, 2.75) is 0 Å². The van der Waals surface area contributed by atoms with Gasteiger partial charge in [-0.05, 0) is 119 Å². The van der Waals surface area contributed by atoms with Gasteiger partial charge in [0.15, 0.2) is 0 Å². The van der Waals surface area contributed by atoms with Gasteiger partial charge in [-0.25, -0.2) is 19.6 Å². The lowest BCUT2D eigenvalue weighted by Crippen LogP contribution is -1.96. The number of carbonyl (C=O) groups is 2. The van der Waals surface area contributed by atoms with Crippen molar-refractivity contribution in [3.05, 3.63) is 155 Å². The highest BCUT2D eigenvalue weighted by Crippen LogP contribution is 2.39. The number of benzene rings is 4. The third-order valence-electron chi connectivity index (χ3n) is 9.91. The summed E-state index contributed by atoms with van der Waals surface area (Å²) in [7, 11) is 0. The van der Waals surface area contributed by atoms with E-state index in [9.17, 15) is 30.0 Å². The Labute approximate surface area is 318 Å². The minimum Gasteiger partial charge on any atom is -0.508 e. The maximum absolute atomic E-state index is 11.8. The molecule has 0 aliphatic carbocycles. The van der Waals surface area contributed by atoms with Crippen LogP contribution in [0.5, 0.6) is 11.5 Å². The van der Waals surface area contributed by atoms with E-state index < -0.39 is 11.9 Å². The molecule has 56 heavy (non-hydrogen) atoms. The Kier molecular flexibility index (Phi) is 8.13. The van der Waals surface area contributed by atoms with E-state index in [4.69, 9.17) is 9.97 Å². The topological polar surface area (TPSA) is 172 Å². The van der Waals surface area contributed by atoms with E-state index in [-0.39, 0.29) is 22.6 Å². The van der Waals surface area contributed by atoms with Crippen LogP contribution in [0.25, 0.3) is 90.9 Å². The summed E-state index contributed by atoms with van der Waals surface area (Å²) in [5, 5.41) is 39.7. The fourth-order valence-corrected chi connectivity index (χ4v) is 7.24. The van der Waals surface area contributed by atoms with Crippen LogP contribution in [-0.4, -0.2) is 52.3 Å². The zero-order valence-corrected chi connectivity index (χ0v) is 29.4. The minimum absolute atomic E-state index is 0.129. The quantitative estimate of drug-likeness (QED) is 0.0979. The van der Waals surface area contributed by atoms with E-state index in [1.807, 2.05) is 72.8 Å². The van der Waals surface area contributed by atoms with Gasteiger partial charge in [0.2, 0.25) is 0 Å². The zero-order chi connectivity index (χ0) is 38.5. The molecule has 2 aliphatic heterocycles. The summed E-state index contributed by atoms with van der Waals surface area (Å²) in [4.78, 5) is 41.2. The maximum Gasteiger partial charge on any atom is 0.335 e. The number of carboxylic acids is 2. The molecule has 0 saturated heterocycles. The summed E-state index contributed by atoms with van der Waals surface area (Å²) in [6, 6.07) is 35.0. The number of nitrogens with zero attached hydrogens (tertiary/aromatic N) is 2. The van der Waals surface area contributed by atoms with Crippen LogP contribution >= 0.6 is 0 Å². The third kappa shape index (κ3) is 6.06. The number of hydrogen-bond acceptors (Lipinski definition) is 6. The number of aromatic nitrogens is 4. The first-order valence-corrected chi connectivity index (χ1v) is 17.6. The normalized spacial score (nSPS) is 11.9. The molecule has 0 amide bonds. The number of phenols is 2. The van der Waals surface area contributed by atoms with Crippen molar-refractivity contribution in [3.63, 3.8) is 0 Å². The number of fused-ring (bicyclic) bond motifs is 8. The van der Waals surface area contributed by atoms with Gasteiger partial charge in [-0.15, -0.1) is 0 Å². The molecule has 4 aromatic carbocycles. The van der Waals surface area contributed by atoms with Gasteiger partial charge in [-0.3, -0.25) is 0 Å². The molecule has 0 saturated carbocycles. The summed E-state index contributed by atoms with van der Waals surface area (Å²) in [6.07, 6.45) is 7.71. The van der Waals surface area contributed by atoms with E-state index in [2.05, 4.69) is 9.97 Å². The molecule has 0 spiro atoms. The third-order valence-corrected chi connectivity index (χ3v) is 9.91. The van der Waals surface area contributed by atoms with Crippen LogP contribution in [0.1, 0.15) is 43.5 Å². The van der Waals surface area contributed by atoms with Crippen LogP contribution < -0.4 is 0 Å². The van der Waals surface area contributed by atoms with Crippen LogP contribution in [0.2, 0.25) is 0 Å². The van der Waals surface area contributed by atoms with Crippen LogP contribution in [0.15, 0.2) is 121 Å². The first-order chi connectivity index (χ1) is 27.2. The molecule has 270 valence electrons. The molecule has 6 N–H and O–H groups in total. The largest absolute Gasteiger partial charge is 0.508 e. The summed E-state index contributed by atoms with van der Waals surface area (Å²) in [5.74, 6) is -1.81. The van der Waals surface area contributed by atoms with Gasteiger partial charge in [-0.1, -0.05) is 48.5 Å². The summed E-state index contributed by atoms with van der Waals surface area (Å²) in [6.45, 7) is 0. The fourth-order valence-electron chi connectivity index (χ4n) is 7.24. The van der Waals surface area contributed by atoms with Gasteiger partial charge in [0.05, 0.1) is 33.9 Å². The Bertz CT molecular complexity index is 2760. The predicted molar refractivity (Wildman–Crippen MR) is 218 cm³/mol. The number of aromatic amines is 2. The number of H-pyrrole nitrogens is 2. The average Bonchev–Trinajstić information content (AvgIpc) is 4.05. The van der Waals surface area contributed by atoms with Gasteiger partial charge in [0.1, 0.15) is 11.5 Å². The number of nitrogens with one attached hydrogen (secondary N) is 2. The van der Waals surface area contributed by atoms with Crippen molar-refractivity contribution in [1.29, 1.82) is 0 Å². The van der Waals surface area contributed by atoms with Crippen LogP contribution in [-0.2, 0) is 0 Å². The van der Waals surface area contributed by atoms with Gasteiger partial charge in [0.25, 0.3) is 0 Å². The van der Waals surface area contributed by atoms with Crippen molar-refractivity contribution in [3.8, 4) is 56.0 Å². The van der Waals surface area contributed by atoms with Crippen molar-refractivity contribution < 1.29 is 30.0 Å². The van der Waals surface area contributed by atoms with E-state index >= 15 is 0 Å². The molecule has 0 atom stereocenters. The lowest BCUT2D eigenvalue weighted by molar-refractivity contribution is 0.0686. The molecule has 8 bridgehead atoms. The van der Waals surface area contributed by atoms with Gasteiger partial charge in [-0.2, -0.15) is 0 Å². The average molecular weight is 735 g/mol. The number of phenolic OH excluding ortho intramolecular Hbond substituents is 2. The molecule has 10 nitrogen and oxygen atoms in total. The smallest absolute Gasteiger partial charge is 0.335 e. The maximum atomic E-state index is 11.8. The SMILES string of the molecule is O=C(O)c1ccc(-c2c3nc(c(-c4ccc(C(=O)O)cc4)c4ccc([nH]4)c(-c4ccc(O)cc4)c4nc(c(-c5ccc(O)cc5)c5ccc2[nH]5)C=C4)C=C3)cc1. The van der Waals surface area contributed by atoms with E-state index in [1.165, 1.54) is 0 Å². The second-order valence-electron chi connectivity index (χ2n) is 13.4. The van der Waals surface area contributed by atoms with Crippen LogP contribution in [0.3, 0.4) is 0 Å². The molecule has 5 heterocycles. The van der Waals surface area contributed by atoms with Gasteiger partial charge in [0, 0.05) is 44.3 Å². The fraction of sp³-hybridized carbons (Fsp3) is 0. The minimum atomic E-state index is -1.03. The number of aromatic carboxylic acids is 2. The van der Waals surface area contributed by atoms with Crippen molar-refractivity contribution in [1.82, 2.24) is 19.9 Å². The Hall–Kier alpha value is -7.98. The molecule has 2 aliphatic rings. The molecule has 0 fully saturated rings. The van der Waals surface area contributed by atoms with Crippen LogP contribution in [0, 0.1) is 0 Å². The first-order valence-electron chi connectivity index (χ1n) is 17.6. The number of hydrogen-bond donors (Lipinski definition) is 6. The number of aromatic hydroxyl groups is 2. The molecule has 10 heteroatoms. The first kappa shape index (κ1) is 33.8. The van der Waals surface area contributed by atoms with Gasteiger partial charge >= 0.3 is 11.9 Å². The second-order valence-corrected chi connectivity index (χ2v) is 13.4. The van der Waals surface area contributed by atoms with E-state index in [1.54, 1.807) is 72.8 Å². The molecule has 0 radical (unpaired) electrons. The number of rotatable bonds is 6. The highest BCUT2D eigenvalue weighted by Gasteiger charge is 2.19. The van der Waals surface area contributed by atoms with E-state index in [0.717, 1.165) is 55.5 Å². The molecular formula is C46H30N4O6. The molecule has 7 aromatic rings. The highest BCUT2D eigenvalue weighted by atomic mass is 16.4. The zero-order valence-electron chi connectivity index (χ0n) is 29.4. The summed E-state index contributed by atoms with van der Waals surface area (Å²) >= 11 is 0. The molecular weight excluding hydrogens is 705 g/mol.